The van der Waals surface area contributed by atoms with E-state index in [0.29, 0.717) is 42.0 Å². The second kappa shape index (κ2) is 13.9. The van der Waals surface area contributed by atoms with E-state index in [4.69, 9.17) is 9.47 Å². The average Bonchev–Trinajstić information content (AvgIpc) is 3.06. The zero-order valence-corrected chi connectivity index (χ0v) is 26.3. The number of hydrogen-bond acceptors (Lipinski definition) is 6. The maximum Gasteiger partial charge on any atom is 0.407 e. The molecule has 242 valence electrons. The van der Waals surface area contributed by atoms with Gasteiger partial charge in [-0.05, 0) is 57.4 Å². The predicted octanol–water partition coefficient (Wildman–Crippen LogP) is 5.25. The number of amides is 4. The minimum absolute atomic E-state index is 0.0903. The monoisotopic (exact) mass is 628 g/mol. The normalized spacial score (nSPS) is 19.2. The molecule has 1 saturated heterocycles. The van der Waals surface area contributed by atoms with E-state index in [0.717, 1.165) is 5.56 Å². The minimum atomic E-state index is -1.35. The molecule has 3 aromatic carbocycles. The highest BCUT2D eigenvalue weighted by molar-refractivity contribution is 6.05. The van der Waals surface area contributed by atoms with Crippen LogP contribution in [0.15, 0.2) is 78.9 Å². The lowest BCUT2D eigenvalue weighted by Crippen LogP contribution is -2.54. The molecule has 1 unspecified atom stereocenters. The maximum absolute atomic E-state index is 14.2. The topological polar surface area (TPSA) is 129 Å². The van der Waals surface area contributed by atoms with Crippen LogP contribution in [0.3, 0.4) is 0 Å². The molecule has 0 saturated carbocycles. The first-order chi connectivity index (χ1) is 22.1. The van der Waals surface area contributed by atoms with Crippen LogP contribution in [0.4, 0.5) is 15.3 Å². The molecule has 1 fully saturated rings. The number of carbonyl (C=O) groups is 4. The van der Waals surface area contributed by atoms with Crippen molar-refractivity contribution in [3.05, 3.63) is 95.6 Å². The number of carboxylic acid groups (broad SMARTS) is 1. The van der Waals surface area contributed by atoms with Gasteiger partial charge in [-0.1, -0.05) is 60.7 Å². The zero-order valence-electron chi connectivity index (χ0n) is 26.3. The molecule has 2 atom stereocenters. The summed E-state index contributed by atoms with van der Waals surface area (Å²) in [7, 11) is 0. The van der Waals surface area contributed by atoms with E-state index in [1.54, 1.807) is 30.0 Å². The molecule has 2 heterocycles. The summed E-state index contributed by atoms with van der Waals surface area (Å²) >= 11 is 0. The van der Waals surface area contributed by atoms with E-state index in [-0.39, 0.29) is 50.1 Å². The predicted molar refractivity (Wildman–Crippen MR) is 172 cm³/mol. The molecule has 11 heteroatoms. The van der Waals surface area contributed by atoms with Gasteiger partial charge in [0, 0.05) is 43.3 Å². The molecule has 0 spiro atoms. The van der Waals surface area contributed by atoms with Gasteiger partial charge in [-0.3, -0.25) is 9.59 Å². The number of benzene rings is 3. The molecule has 46 heavy (non-hydrogen) atoms. The molecule has 2 N–H and O–H groups in total. The molecule has 0 radical (unpaired) electrons. The van der Waals surface area contributed by atoms with Crippen molar-refractivity contribution in [1.82, 2.24) is 15.1 Å². The highest BCUT2D eigenvalue weighted by Gasteiger charge is 2.46. The maximum atomic E-state index is 14.2. The summed E-state index contributed by atoms with van der Waals surface area (Å²) < 4.78 is 11.7. The number of alkyl carbamates (subject to hydrolysis) is 1. The van der Waals surface area contributed by atoms with Crippen molar-refractivity contribution in [2.75, 3.05) is 31.1 Å². The standard InChI is InChI=1S/C35H40N4O7/c1-24(2)39(28-15-10-19-37(22-28)34(43)44)31(40)26-16-17-30-29(21-26)38(32(41)35(3,46-30)27-13-8-5-9-14-27)20-18-36-33(42)45-23-25-11-6-4-7-12-25/h4-9,11-14,16-17,21,24,28H,10,15,18-20,22-23H2,1-3H3,(H,36,42)(H,43,44)/t28-,35?/m1/s1. The summed E-state index contributed by atoms with van der Waals surface area (Å²) in [6, 6.07) is 23.0. The van der Waals surface area contributed by atoms with Crippen LogP contribution in [-0.2, 0) is 21.7 Å². The van der Waals surface area contributed by atoms with Crippen molar-refractivity contribution in [1.29, 1.82) is 0 Å². The van der Waals surface area contributed by atoms with Gasteiger partial charge in [0.1, 0.15) is 12.4 Å². The summed E-state index contributed by atoms with van der Waals surface area (Å²) in [6.07, 6.45) is -0.268. The third kappa shape index (κ3) is 6.93. The molecule has 11 nitrogen and oxygen atoms in total. The van der Waals surface area contributed by atoms with Gasteiger partial charge in [0.15, 0.2) is 0 Å². The Kier molecular flexibility index (Phi) is 9.79. The molecule has 2 aliphatic rings. The number of hydrogen-bond donors (Lipinski definition) is 2. The Morgan fingerprint density at radius 3 is 2.43 bits per heavy atom. The summed E-state index contributed by atoms with van der Waals surface area (Å²) in [5, 5.41) is 12.3. The van der Waals surface area contributed by atoms with Crippen molar-refractivity contribution < 1.29 is 33.8 Å². The van der Waals surface area contributed by atoms with Crippen LogP contribution in [0.1, 0.15) is 55.1 Å². The molecule has 5 rings (SSSR count). The Hall–Kier alpha value is -5.06. The van der Waals surface area contributed by atoms with E-state index in [9.17, 15) is 24.3 Å². The molecule has 0 aliphatic carbocycles. The Balaban J connectivity index is 1.39. The number of ether oxygens (including phenoxy) is 2. The highest BCUT2D eigenvalue weighted by atomic mass is 16.5. The van der Waals surface area contributed by atoms with Crippen LogP contribution in [0, 0.1) is 0 Å². The first-order valence-electron chi connectivity index (χ1n) is 15.5. The number of anilines is 1. The summed E-state index contributed by atoms with van der Waals surface area (Å²) in [5.41, 5.74) is 0.922. The SMILES string of the molecule is CC(C)N(C(=O)c1ccc2c(c1)N(CCNC(=O)OCc1ccccc1)C(=O)C(C)(c1ccccc1)O2)[C@@H]1CCCN(C(=O)O)C1. The van der Waals surface area contributed by atoms with E-state index in [2.05, 4.69) is 5.32 Å². The molecule has 0 aromatic heterocycles. The third-order valence-electron chi connectivity index (χ3n) is 8.46. The first-order valence-corrected chi connectivity index (χ1v) is 15.5. The number of nitrogens with one attached hydrogen (secondary N) is 1. The molecule has 2 aliphatic heterocycles. The Morgan fingerprint density at radius 2 is 1.76 bits per heavy atom. The van der Waals surface area contributed by atoms with Gasteiger partial charge in [-0.15, -0.1) is 0 Å². The van der Waals surface area contributed by atoms with Crippen LogP contribution < -0.4 is 15.0 Å². The fraction of sp³-hybridized carbons (Fsp3) is 0.371. The van der Waals surface area contributed by atoms with Crippen molar-refractivity contribution in [3.8, 4) is 5.75 Å². The average molecular weight is 629 g/mol. The van der Waals surface area contributed by atoms with Gasteiger partial charge in [-0.25, -0.2) is 9.59 Å². The molecule has 3 aromatic rings. The number of carbonyl (C=O) groups excluding carboxylic acids is 3. The number of likely N-dealkylation sites (tertiary alicyclic amines) is 1. The largest absolute Gasteiger partial charge is 0.471 e. The van der Waals surface area contributed by atoms with Crippen molar-refractivity contribution in [3.63, 3.8) is 0 Å². The van der Waals surface area contributed by atoms with E-state index in [1.165, 1.54) is 9.80 Å². The molecular formula is C35H40N4O7. The van der Waals surface area contributed by atoms with Crippen molar-refractivity contribution >= 4 is 29.7 Å². The summed E-state index contributed by atoms with van der Waals surface area (Å²) in [4.78, 5) is 57.0. The Bertz CT molecular complexity index is 1570. The van der Waals surface area contributed by atoms with E-state index >= 15 is 0 Å². The van der Waals surface area contributed by atoms with Crippen LogP contribution in [0.5, 0.6) is 5.75 Å². The van der Waals surface area contributed by atoms with E-state index in [1.807, 2.05) is 74.5 Å². The lowest BCUT2D eigenvalue weighted by Gasteiger charge is -2.42. The van der Waals surface area contributed by atoms with Crippen molar-refractivity contribution in [2.24, 2.45) is 0 Å². The van der Waals surface area contributed by atoms with E-state index < -0.39 is 17.8 Å². The highest BCUT2D eigenvalue weighted by Crippen LogP contribution is 2.43. The number of nitrogens with zero attached hydrogens (tertiary/aromatic N) is 3. The molecule has 4 amide bonds. The summed E-state index contributed by atoms with van der Waals surface area (Å²) in [5.74, 6) is -0.193. The number of piperidine rings is 1. The smallest absolute Gasteiger partial charge is 0.407 e. The van der Waals surface area contributed by atoms with Crippen molar-refractivity contribution in [2.45, 2.75) is 57.9 Å². The van der Waals surface area contributed by atoms with Gasteiger partial charge >= 0.3 is 12.2 Å². The number of fused-ring (bicyclic) bond motifs is 1. The zero-order chi connectivity index (χ0) is 32.8. The second-order valence-corrected chi connectivity index (χ2v) is 12.0. The quantitative estimate of drug-likeness (QED) is 0.331. The van der Waals surface area contributed by atoms with Gasteiger partial charge in [0.25, 0.3) is 11.8 Å². The molecule has 0 bridgehead atoms. The van der Waals surface area contributed by atoms with Gasteiger partial charge in [0.2, 0.25) is 5.60 Å². The van der Waals surface area contributed by atoms with Crippen LogP contribution in [-0.4, -0.2) is 77.2 Å². The minimum Gasteiger partial charge on any atom is -0.471 e. The van der Waals surface area contributed by atoms with Crippen LogP contribution >= 0.6 is 0 Å². The third-order valence-corrected chi connectivity index (χ3v) is 8.46. The summed E-state index contributed by atoms with van der Waals surface area (Å²) in [6.45, 7) is 6.49. The Labute approximate surface area is 268 Å². The Morgan fingerprint density at radius 1 is 1.07 bits per heavy atom. The fourth-order valence-corrected chi connectivity index (χ4v) is 6.11. The number of rotatable bonds is 9. The van der Waals surface area contributed by atoms with Gasteiger partial charge < -0.3 is 34.6 Å². The van der Waals surface area contributed by atoms with Gasteiger partial charge in [-0.2, -0.15) is 0 Å². The lowest BCUT2D eigenvalue weighted by atomic mass is 9.91. The van der Waals surface area contributed by atoms with Gasteiger partial charge in [0.05, 0.1) is 11.7 Å². The van der Waals surface area contributed by atoms with Crippen LogP contribution in [0.25, 0.3) is 0 Å². The second-order valence-electron chi connectivity index (χ2n) is 12.0. The molecular weight excluding hydrogens is 588 g/mol. The first kappa shape index (κ1) is 32.3. The fourth-order valence-electron chi connectivity index (χ4n) is 6.11. The van der Waals surface area contributed by atoms with Crippen LogP contribution in [0.2, 0.25) is 0 Å². The lowest BCUT2D eigenvalue weighted by molar-refractivity contribution is -0.135.